The van der Waals surface area contributed by atoms with Crippen molar-refractivity contribution in [1.29, 1.82) is 0 Å². The van der Waals surface area contributed by atoms with E-state index in [-0.39, 0.29) is 6.03 Å². The summed E-state index contributed by atoms with van der Waals surface area (Å²) in [5.74, 6) is 0. The molecule has 15 heavy (non-hydrogen) atoms. The van der Waals surface area contributed by atoms with Gasteiger partial charge < -0.3 is 4.90 Å². The van der Waals surface area contributed by atoms with Crippen LogP contribution in [0.2, 0.25) is 0 Å². The van der Waals surface area contributed by atoms with Gasteiger partial charge in [0, 0.05) is 18.8 Å². The third-order valence-corrected chi connectivity index (χ3v) is 3.27. The van der Waals surface area contributed by atoms with Gasteiger partial charge in [0.05, 0.1) is 6.04 Å². The Morgan fingerprint density at radius 2 is 2.00 bits per heavy atom. The lowest BCUT2D eigenvalue weighted by atomic mass is 10.1. The molecule has 0 radical (unpaired) electrons. The van der Waals surface area contributed by atoms with Crippen molar-refractivity contribution in [2.75, 3.05) is 18.0 Å². The lowest BCUT2D eigenvalue weighted by Crippen LogP contribution is -2.32. The summed E-state index contributed by atoms with van der Waals surface area (Å²) in [6, 6.07) is 10.6. The third-order valence-electron chi connectivity index (χ3n) is 3.27. The van der Waals surface area contributed by atoms with E-state index >= 15 is 0 Å². The maximum Gasteiger partial charge on any atom is 0.324 e. The highest BCUT2D eigenvalue weighted by molar-refractivity contribution is 5.95. The van der Waals surface area contributed by atoms with Crippen LogP contribution >= 0.6 is 0 Å². The molecule has 3 rings (SSSR count). The molecule has 2 saturated heterocycles. The van der Waals surface area contributed by atoms with Crippen molar-refractivity contribution >= 4 is 11.7 Å². The zero-order valence-corrected chi connectivity index (χ0v) is 8.60. The molecule has 78 valence electrons. The van der Waals surface area contributed by atoms with Gasteiger partial charge in [-0.3, -0.25) is 4.90 Å². The normalized spacial score (nSPS) is 24.8. The monoisotopic (exact) mass is 202 g/mol. The van der Waals surface area contributed by atoms with Crippen molar-refractivity contribution in [2.45, 2.75) is 18.9 Å². The van der Waals surface area contributed by atoms with Crippen LogP contribution in [0.15, 0.2) is 30.3 Å². The quantitative estimate of drug-likeness (QED) is 0.684. The molecular formula is C12H14N2O. The molecule has 0 N–H and O–H groups in total. The van der Waals surface area contributed by atoms with E-state index in [2.05, 4.69) is 0 Å². The first kappa shape index (κ1) is 8.77. The van der Waals surface area contributed by atoms with Gasteiger partial charge in [0.25, 0.3) is 0 Å². The molecule has 0 saturated carbocycles. The molecule has 2 aliphatic rings. The number of para-hydroxylation sites is 1. The van der Waals surface area contributed by atoms with Crippen molar-refractivity contribution < 1.29 is 4.79 Å². The van der Waals surface area contributed by atoms with Gasteiger partial charge in [0.2, 0.25) is 0 Å². The minimum absolute atomic E-state index is 0.184. The lowest BCUT2D eigenvalue weighted by molar-refractivity contribution is 0.216. The fourth-order valence-electron chi connectivity index (χ4n) is 2.56. The number of piperidine rings is 1. The lowest BCUT2D eigenvalue weighted by Gasteiger charge is -2.22. The van der Waals surface area contributed by atoms with E-state index in [1.54, 1.807) is 0 Å². The number of carbonyl (C=O) groups is 1. The number of nitrogens with zero attached hydrogens (tertiary/aromatic N) is 2. The molecule has 1 aromatic rings. The number of anilines is 1. The van der Waals surface area contributed by atoms with E-state index < -0.39 is 0 Å². The molecule has 1 unspecified atom stereocenters. The summed E-state index contributed by atoms with van der Waals surface area (Å²) in [5.41, 5.74) is 1.04. The molecule has 2 bridgehead atoms. The van der Waals surface area contributed by atoms with E-state index in [9.17, 15) is 4.79 Å². The number of amides is 2. The summed E-state index contributed by atoms with van der Waals surface area (Å²) >= 11 is 0. The molecule has 3 nitrogen and oxygen atoms in total. The number of carbonyl (C=O) groups excluding carboxylic acids is 1. The van der Waals surface area contributed by atoms with Crippen molar-refractivity contribution in [3.8, 4) is 0 Å². The average Bonchev–Trinajstić information content (AvgIpc) is 2.51. The molecule has 2 fully saturated rings. The molecule has 1 aromatic carbocycles. The molecule has 0 aliphatic carbocycles. The first-order chi connectivity index (χ1) is 7.36. The van der Waals surface area contributed by atoms with E-state index in [4.69, 9.17) is 0 Å². The number of rotatable bonds is 1. The molecule has 0 spiro atoms. The van der Waals surface area contributed by atoms with Crippen LogP contribution in [-0.4, -0.2) is 30.1 Å². The van der Waals surface area contributed by atoms with Crippen LogP contribution in [0.5, 0.6) is 0 Å². The SMILES string of the molecule is O=C1N2CCCC(C2)N1c1ccccc1. The second-order valence-electron chi connectivity index (χ2n) is 4.23. The van der Waals surface area contributed by atoms with Gasteiger partial charge in [0.1, 0.15) is 0 Å². The zero-order valence-electron chi connectivity index (χ0n) is 8.60. The summed E-state index contributed by atoms with van der Waals surface area (Å²) < 4.78 is 0. The van der Waals surface area contributed by atoms with Gasteiger partial charge in [-0.15, -0.1) is 0 Å². The largest absolute Gasteiger partial charge is 0.324 e. The van der Waals surface area contributed by atoms with Gasteiger partial charge in [-0.05, 0) is 25.0 Å². The highest BCUT2D eigenvalue weighted by Crippen LogP contribution is 2.30. The van der Waals surface area contributed by atoms with Crippen LogP contribution in [0.1, 0.15) is 12.8 Å². The molecule has 2 aliphatic heterocycles. The van der Waals surface area contributed by atoms with Crippen LogP contribution in [0.3, 0.4) is 0 Å². The standard InChI is InChI=1S/C12H14N2O/c15-12-13-8-4-7-11(9-13)14(12)10-5-2-1-3-6-10/h1-3,5-6,11H,4,7-9H2. The minimum atomic E-state index is 0.184. The number of hydrogen-bond donors (Lipinski definition) is 0. The molecule has 2 heterocycles. The number of benzene rings is 1. The Morgan fingerprint density at radius 3 is 2.73 bits per heavy atom. The fourth-order valence-corrected chi connectivity index (χ4v) is 2.56. The Labute approximate surface area is 89.3 Å². The topological polar surface area (TPSA) is 23.6 Å². The summed E-state index contributed by atoms with van der Waals surface area (Å²) in [7, 11) is 0. The van der Waals surface area contributed by atoms with Gasteiger partial charge in [0.15, 0.2) is 0 Å². The Bertz CT molecular complexity index is 376. The first-order valence-corrected chi connectivity index (χ1v) is 5.49. The summed E-state index contributed by atoms with van der Waals surface area (Å²) in [6.45, 7) is 1.84. The predicted molar refractivity (Wildman–Crippen MR) is 58.9 cm³/mol. The van der Waals surface area contributed by atoms with Crippen LogP contribution in [0, 0.1) is 0 Å². The number of urea groups is 1. The van der Waals surface area contributed by atoms with E-state index in [1.165, 1.54) is 0 Å². The van der Waals surface area contributed by atoms with Crippen molar-refractivity contribution in [2.24, 2.45) is 0 Å². The van der Waals surface area contributed by atoms with E-state index in [0.717, 1.165) is 31.6 Å². The van der Waals surface area contributed by atoms with Crippen LogP contribution < -0.4 is 4.90 Å². The second kappa shape index (κ2) is 3.26. The second-order valence-corrected chi connectivity index (χ2v) is 4.23. The molecule has 2 amide bonds. The summed E-state index contributed by atoms with van der Waals surface area (Å²) in [4.78, 5) is 16.0. The van der Waals surface area contributed by atoms with Crippen LogP contribution in [0.4, 0.5) is 10.5 Å². The molecular weight excluding hydrogens is 188 g/mol. The first-order valence-electron chi connectivity index (χ1n) is 5.49. The van der Waals surface area contributed by atoms with Crippen LogP contribution in [-0.2, 0) is 0 Å². The predicted octanol–water partition coefficient (Wildman–Crippen LogP) is 2.09. The highest BCUT2D eigenvalue weighted by atomic mass is 16.2. The van der Waals surface area contributed by atoms with Gasteiger partial charge in [-0.1, -0.05) is 18.2 Å². The smallest absolute Gasteiger partial charge is 0.322 e. The Kier molecular flexibility index (Phi) is 1.91. The molecule has 0 aromatic heterocycles. The number of fused-ring (bicyclic) bond motifs is 2. The number of hydrogen-bond acceptors (Lipinski definition) is 1. The maximum atomic E-state index is 12.0. The maximum absolute atomic E-state index is 12.0. The molecule has 1 atom stereocenters. The minimum Gasteiger partial charge on any atom is -0.322 e. The van der Waals surface area contributed by atoms with Crippen LogP contribution in [0.25, 0.3) is 0 Å². The fraction of sp³-hybridized carbons (Fsp3) is 0.417. The van der Waals surface area contributed by atoms with Gasteiger partial charge in [-0.25, -0.2) is 4.79 Å². The third kappa shape index (κ3) is 1.30. The van der Waals surface area contributed by atoms with E-state index in [1.807, 2.05) is 40.1 Å². The summed E-state index contributed by atoms with van der Waals surface area (Å²) in [6.07, 6.45) is 2.27. The zero-order chi connectivity index (χ0) is 10.3. The van der Waals surface area contributed by atoms with Gasteiger partial charge in [-0.2, -0.15) is 0 Å². The Hall–Kier alpha value is -1.51. The van der Waals surface area contributed by atoms with Crippen molar-refractivity contribution in [1.82, 2.24) is 4.90 Å². The van der Waals surface area contributed by atoms with Crippen molar-refractivity contribution in [3.05, 3.63) is 30.3 Å². The highest BCUT2D eigenvalue weighted by Gasteiger charge is 2.40. The Balaban J connectivity index is 1.96. The Morgan fingerprint density at radius 1 is 1.20 bits per heavy atom. The molecule has 3 heteroatoms. The van der Waals surface area contributed by atoms with Crippen molar-refractivity contribution in [3.63, 3.8) is 0 Å². The van der Waals surface area contributed by atoms with Gasteiger partial charge >= 0.3 is 6.03 Å². The van der Waals surface area contributed by atoms with E-state index in [0.29, 0.717) is 6.04 Å². The average molecular weight is 202 g/mol. The summed E-state index contributed by atoms with van der Waals surface area (Å²) in [5, 5.41) is 0.